The zero-order valence-corrected chi connectivity index (χ0v) is 16.4. The fourth-order valence-electron chi connectivity index (χ4n) is 2.80. The third kappa shape index (κ3) is 7.15. The summed E-state index contributed by atoms with van der Waals surface area (Å²) in [7, 11) is -3.44. The number of benzene rings is 2. The lowest BCUT2D eigenvalue weighted by Crippen LogP contribution is -2.24. The highest BCUT2D eigenvalue weighted by atomic mass is 32.2. The van der Waals surface area contributed by atoms with E-state index < -0.39 is 16.4 Å². The molecule has 0 aromatic heterocycles. The first-order chi connectivity index (χ1) is 12.9. The molecule has 0 spiro atoms. The molecule has 1 unspecified atom stereocenters. The van der Waals surface area contributed by atoms with Crippen LogP contribution >= 0.6 is 0 Å². The van der Waals surface area contributed by atoms with E-state index in [1.165, 1.54) is 17.7 Å². The van der Waals surface area contributed by atoms with Gasteiger partial charge in [0.25, 0.3) is 0 Å². The Labute approximate surface area is 161 Å². The lowest BCUT2D eigenvalue weighted by molar-refractivity contribution is -0.122. The summed E-state index contributed by atoms with van der Waals surface area (Å²) in [5.41, 5.74) is 2.12. The SMILES string of the molecule is CC(CCc1ccccc1)CC(=O)NCc1ccc(S(=O)(=O)CCO)cc1. The van der Waals surface area contributed by atoms with Crippen molar-refractivity contribution in [3.05, 3.63) is 65.7 Å². The summed E-state index contributed by atoms with van der Waals surface area (Å²) in [4.78, 5) is 12.3. The van der Waals surface area contributed by atoms with Gasteiger partial charge in [0.05, 0.1) is 17.3 Å². The third-order valence-electron chi connectivity index (χ3n) is 4.43. The minimum Gasteiger partial charge on any atom is -0.395 e. The van der Waals surface area contributed by atoms with Crippen LogP contribution in [-0.2, 0) is 27.6 Å². The second-order valence-electron chi connectivity index (χ2n) is 6.80. The Morgan fingerprint density at radius 1 is 1.04 bits per heavy atom. The van der Waals surface area contributed by atoms with Gasteiger partial charge in [-0.05, 0) is 42.0 Å². The second-order valence-corrected chi connectivity index (χ2v) is 8.91. The molecule has 0 aliphatic rings. The summed E-state index contributed by atoms with van der Waals surface area (Å²) in [6.45, 7) is 2.04. The van der Waals surface area contributed by atoms with Gasteiger partial charge in [0, 0.05) is 13.0 Å². The quantitative estimate of drug-likeness (QED) is 0.654. The minimum atomic E-state index is -3.44. The average molecular weight is 390 g/mol. The van der Waals surface area contributed by atoms with E-state index in [2.05, 4.69) is 24.4 Å². The standard InChI is InChI=1S/C21H27NO4S/c1-17(7-8-18-5-3-2-4-6-18)15-21(24)22-16-19-9-11-20(12-10-19)27(25,26)14-13-23/h2-6,9-12,17,23H,7-8,13-16H2,1H3,(H,22,24). The number of hydrogen-bond acceptors (Lipinski definition) is 4. The minimum absolute atomic E-state index is 0.00691. The molecule has 0 saturated carbocycles. The number of rotatable bonds is 10. The van der Waals surface area contributed by atoms with Gasteiger partial charge in [0.15, 0.2) is 9.84 Å². The van der Waals surface area contributed by atoms with E-state index in [9.17, 15) is 13.2 Å². The van der Waals surface area contributed by atoms with Gasteiger partial charge in [0.2, 0.25) is 5.91 Å². The summed E-state index contributed by atoms with van der Waals surface area (Å²) in [5.74, 6) is -0.00650. The molecule has 146 valence electrons. The fraction of sp³-hybridized carbons (Fsp3) is 0.381. The number of hydrogen-bond donors (Lipinski definition) is 2. The number of carbonyl (C=O) groups excluding carboxylic acids is 1. The maximum absolute atomic E-state index is 12.1. The van der Waals surface area contributed by atoms with E-state index in [1.807, 2.05) is 18.2 Å². The molecule has 0 saturated heterocycles. The summed E-state index contributed by atoms with van der Waals surface area (Å²) < 4.78 is 23.7. The van der Waals surface area contributed by atoms with Crippen molar-refractivity contribution in [2.24, 2.45) is 5.92 Å². The molecule has 0 aliphatic carbocycles. The highest BCUT2D eigenvalue weighted by Crippen LogP contribution is 2.14. The van der Waals surface area contributed by atoms with E-state index in [-0.39, 0.29) is 22.5 Å². The monoisotopic (exact) mass is 389 g/mol. The molecule has 2 N–H and O–H groups in total. The number of amides is 1. The van der Waals surface area contributed by atoms with Gasteiger partial charge >= 0.3 is 0 Å². The maximum atomic E-state index is 12.1. The van der Waals surface area contributed by atoms with Crippen LogP contribution in [0.25, 0.3) is 0 Å². The Hall–Kier alpha value is -2.18. The Balaban J connectivity index is 1.76. The van der Waals surface area contributed by atoms with Gasteiger partial charge in [-0.25, -0.2) is 8.42 Å². The predicted molar refractivity (Wildman–Crippen MR) is 106 cm³/mol. The van der Waals surface area contributed by atoms with Crippen molar-refractivity contribution in [1.29, 1.82) is 0 Å². The molecule has 0 heterocycles. The predicted octanol–water partition coefficient (Wildman–Crippen LogP) is 2.73. The molecule has 6 heteroatoms. The van der Waals surface area contributed by atoms with Crippen molar-refractivity contribution in [1.82, 2.24) is 5.32 Å². The van der Waals surface area contributed by atoms with Crippen molar-refractivity contribution in [3.63, 3.8) is 0 Å². The fourth-order valence-corrected chi connectivity index (χ4v) is 3.83. The molecule has 2 rings (SSSR count). The number of sulfone groups is 1. The summed E-state index contributed by atoms with van der Waals surface area (Å²) in [5, 5.41) is 11.7. The lowest BCUT2D eigenvalue weighted by atomic mass is 9.98. The van der Waals surface area contributed by atoms with Crippen molar-refractivity contribution in [3.8, 4) is 0 Å². The van der Waals surface area contributed by atoms with Crippen molar-refractivity contribution >= 4 is 15.7 Å². The molecule has 1 amide bonds. The van der Waals surface area contributed by atoms with Crippen LogP contribution in [0.4, 0.5) is 0 Å². The molecular weight excluding hydrogens is 362 g/mol. The molecule has 0 fully saturated rings. The second kappa shape index (κ2) is 10.2. The van der Waals surface area contributed by atoms with Gasteiger partial charge in [0.1, 0.15) is 0 Å². The molecular formula is C21H27NO4S. The van der Waals surface area contributed by atoms with Gasteiger partial charge in [-0.2, -0.15) is 0 Å². The van der Waals surface area contributed by atoms with Gasteiger partial charge in [-0.15, -0.1) is 0 Å². The number of aliphatic hydroxyl groups excluding tert-OH is 1. The largest absolute Gasteiger partial charge is 0.395 e. The number of nitrogens with one attached hydrogen (secondary N) is 1. The van der Waals surface area contributed by atoms with Crippen LogP contribution in [-0.4, -0.2) is 31.8 Å². The Morgan fingerprint density at radius 3 is 2.33 bits per heavy atom. The lowest BCUT2D eigenvalue weighted by Gasteiger charge is -2.12. The average Bonchev–Trinajstić information content (AvgIpc) is 2.66. The van der Waals surface area contributed by atoms with Crippen LogP contribution in [0.3, 0.4) is 0 Å². The molecule has 0 aliphatic heterocycles. The van der Waals surface area contributed by atoms with E-state index in [0.717, 1.165) is 18.4 Å². The summed E-state index contributed by atoms with van der Waals surface area (Å²) >= 11 is 0. The van der Waals surface area contributed by atoms with Crippen LogP contribution in [0.5, 0.6) is 0 Å². The van der Waals surface area contributed by atoms with E-state index in [4.69, 9.17) is 5.11 Å². The normalized spacial score (nSPS) is 12.5. The summed E-state index contributed by atoms with van der Waals surface area (Å²) in [6, 6.07) is 16.6. The Bertz CT molecular complexity index is 817. The maximum Gasteiger partial charge on any atom is 0.220 e. The highest BCUT2D eigenvalue weighted by molar-refractivity contribution is 7.91. The van der Waals surface area contributed by atoms with Gasteiger partial charge < -0.3 is 10.4 Å². The molecule has 1 atom stereocenters. The molecule has 5 nitrogen and oxygen atoms in total. The first kappa shape index (κ1) is 21.1. The van der Waals surface area contributed by atoms with E-state index in [1.54, 1.807) is 12.1 Å². The van der Waals surface area contributed by atoms with Crippen molar-refractivity contribution in [2.45, 2.75) is 37.6 Å². The Morgan fingerprint density at radius 2 is 1.70 bits per heavy atom. The molecule has 27 heavy (non-hydrogen) atoms. The molecule has 0 radical (unpaired) electrons. The molecule has 2 aromatic rings. The smallest absolute Gasteiger partial charge is 0.220 e. The van der Waals surface area contributed by atoms with Crippen molar-refractivity contribution in [2.75, 3.05) is 12.4 Å². The van der Waals surface area contributed by atoms with E-state index in [0.29, 0.717) is 13.0 Å². The van der Waals surface area contributed by atoms with Crippen LogP contribution in [0, 0.1) is 5.92 Å². The van der Waals surface area contributed by atoms with Crippen LogP contribution < -0.4 is 5.32 Å². The van der Waals surface area contributed by atoms with E-state index >= 15 is 0 Å². The van der Waals surface area contributed by atoms with Crippen LogP contribution in [0.1, 0.15) is 30.9 Å². The van der Waals surface area contributed by atoms with Gasteiger partial charge in [-0.1, -0.05) is 49.4 Å². The molecule has 0 bridgehead atoms. The topological polar surface area (TPSA) is 83.5 Å². The molecule has 2 aromatic carbocycles. The van der Waals surface area contributed by atoms with Crippen LogP contribution in [0.2, 0.25) is 0 Å². The van der Waals surface area contributed by atoms with Crippen molar-refractivity contribution < 1.29 is 18.3 Å². The van der Waals surface area contributed by atoms with Crippen LogP contribution in [0.15, 0.2) is 59.5 Å². The Kier molecular flexibility index (Phi) is 8.00. The third-order valence-corrected chi connectivity index (χ3v) is 6.15. The summed E-state index contributed by atoms with van der Waals surface area (Å²) in [6.07, 6.45) is 2.38. The zero-order chi connectivity index (χ0) is 19.7. The number of carbonyl (C=O) groups is 1. The first-order valence-corrected chi connectivity index (χ1v) is 10.8. The highest BCUT2D eigenvalue weighted by Gasteiger charge is 2.13. The van der Waals surface area contributed by atoms with Gasteiger partial charge in [-0.3, -0.25) is 4.79 Å². The number of aliphatic hydroxyl groups is 1. The zero-order valence-electron chi connectivity index (χ0n) is 15.6. The first-order valence-electron chi connectivity index (χ1n) is 9.14. The number of aryl methyl sites for hydroxylation is 1.